The van der Waals surface area contributed by atoms with Crippen LogP contribution in [0, 0.1) is 11.6 Å². The molecule has 1 N–H and O–H groups in total. The standard InChI is InChI=1S/C23H20ClF2N5O/c1-31(13-8-9-27-10-13)22-15-11-28-20(19(26)21(15)29-23(30-22)32-2)14-5-3-4-12-6-7-16(25)18(24)17(12)14/h3-7,11,13,27H,8-10H2,1-2H3. The quantitative estimate of drug-likeness (QED) is 0.486. The molecular formula is C23H20ClF2N5O. The third kappa shape index (κ3) is 3.30. The van der Waals surface area contributed by atoms with Gasteiger partial charge in [0.15, 0.2) is 5.82 Å². The van der Waals surface area contributed by atoms with E-state index in [0.717, 1.165) is 19.5 Å². The lowest BCUT2D eigenvalue weighted by molar-refractivity contribution is 0.381. The highest BCUT2D eigenvalue weighted by atomic mass is 35.5. The summed E-state index contributed by atoms with van der Waals surface area (Å²) in [5, 5.41) is 4.80. The van der Waals surface area contributed by atoms with Gasteiger partial charge in [-0.15, -0.1) is 0 Å². The molecule has 1 unspecified atom stereocenters. The molecule has 5 rings (SSSR count). The van der Waals surface area contributed by atoms with E-state index in [-0.39, 0.29) is 28.3 Å². The minimum Gasteiger partial charge on any atom is -0.467 e. The van der Waals surface area contributed by atoms with Crippen molar-refractivity contribution in [3.05, 3.63) is 53.2 Å². The molecule has 0 saturated carbocycles. The number of halogens is 3. The van der Waals surface area contributed by atoms with Crippen LogP contribution in [0.15, 0.2) is 36.5 Å². The van der Waals surface area contributed by atoms with Crippen molar-refractivity contribution in [2.45, 2.75) is 12.5 Å². The molecule has 164 valence electrons. The van der Waals surface area contributed by atoms with E-state index < -0.39 is 11.6 Å². The highest BCUT2D eigenvalue weighted by Gasteiger charge is 2.25. The lowest BCUT2D eigenvalue weighted by atomic mass is 10.0. The maximum Gasteiger partial charge on any atom is 0.318 e. The molecule has 1 aliphatic rings. The lowest BCUT2D eigenvalue weighted by Crippen LogP contribution is -2.34. The Morgan fingerprint density at radius 2 is 2.03 bits per heavy atom. The van der Waals surface area contributed by atoms with E-state index in [4.69, 9.17) is 16.3 Å². The highest BCUT2D eigenvalue weighted by Crippen LogP contribution is 2.38. The fraction of sp³-hybridized carbons (Fsp3) is 0.261. The van der Waals surface area contributed by atoms with E-state index in [1.807, 2.05) is 11.9 Å². The van der Waals surface area contributed by atoms with Crippen molar-refractivity contribution in [2.75, 3.05) is 32.1 Å². The number of fused-ring (bicyclic) bond motifs is 2. The molecule has 0 aliphatic carbocycles. The van der Waals surface area contributed by atoms with E-state index in [1.165, 1.54) is 13.2 Å². The minimum atomic E-state index is -0.643. The first-order valence-corrected chi connectivity index (χ1v) is 10.6. The molecule has 32 heavy (non-hydrogen) atoms. The van der Waals surface area contributed by atoms with E-state index in [1.54, 1.807) is 30.5 Å². The molecule has 6 nitrogen and oxygen atoms in total. The first-order chi connectivity index (χ1) is 15.5. The van der Waals surface area contributed by atoms with Gasteiger partial charge in [0.1, 0.15) is 22.8 Å². The number of anilines is 1. The van der Waals surface area contributed by atoms with Crippen molar-refractivity contribution in [2.24, 2.45) is 0 Å². The Morgan fingerprint density at radius 3 is 2.78 bits per heavy atom. The number of pyridine rings is 1. The number of methoxy groups -OCH3 is 1. The van der Waals surface area contributed by atoms with Crippen molar-refractivity contribution in [1.82, 2.24) is 20.3 Å². The summed E-state index contributed by atoms with van der Waals surface area (Å²) in [5.74, 6) is -0.679. The van der Waals surface area contributed by atoms with Crippen LogP contribution < -0.4 is 15.0 Å². The van der Waals surface area contributed by atoms with E-state index in [2.05, 4.69) is 20.3 Å². The van der Waals surface area contributed by atoms with E-state index >= 15 is 4.39 Å². The van der Waals surface area contributed by atoms with Crippen LogP contribution in [-0.2, 0) is 0 Å². The molecule has 1 aliphatic heterocycles. The SMILES string of the molecule is COc1nc(N(C)C2CCNC2)c2cnc(-c3cccc4ccc(F)c(Cl)c34)c(F)c2n1. The van der Waals surface area contributed by atoms with Gasteiger partial charge in [0.25, 0.3) is 0 Å². The molecule has 0 radical (unpaired) electrons. The van der Waals surface area contributed by atoms with Crippen molar-refractivity contribution in [3.8, 4) is 17.3 Å². The zero-order valence-corrected chi connectivity index (χ0v) is 18.2. The molecule has 0 bridgehead atoms. The molecule has 2 aromatic heterocycles. The Balaban J connectivity index is 1.75. The summed E-state index contributed by atoms with van der Waals surface area (Å²) in [6.07, 6.45) is 2.49. The number of benzene rings is 2. The van der Waals surface area contributed by atoms with Gasteiger partial charge in [-0.2, -0.15) is 9.97 Å². The fourth-order valence-electron chi connectivity index (χ4n) is 4.22. The van der Waals surface area contributed by atoms with Gasteiger partial charge >= 0.3 is 6.01 Å². The molecule has 0 spiro atoms. The van der Waals surface area contributed by atoms with Gasteiger partial charge in [-0.1, -0.05) is 35.9 Å². The molecular weight excluding hydrogens is 436 g/mol. The van der Waals surface area contributed by atoms with Crippen LogP contribution in [-0.4, -0.2) is 48.2 Å². The average Bonchev–Trinajstić information content (AvgIpc) is 3.35. The summed E-state index contributed by atoms with van der Waals surface area (Å²) in [6.45, 7) is 1.71. The molecule has 4 aromatic rings. The van der Waals surface area contributed by atoms with Gasteiger partial charge in [-0.05, 0) is 24.4 Å². The Morgan fingerprint density at radius 1 is 1.19 bits per heavy atom. The fourth-order valence-corrected chi connectivity index (χ4v) is 4.49. The number of hydrogen-bond donors (Lipinski definition) is 1. The Hall–Kier alpha value is -3.10. The van der Waals surface area contributed by atoms with Crippen LogP contribution in [0.4, 0.5) is 14.6 Å². The van der Waals surface area contributed by atoms with Crippen molar-refractivity contribution >= 4 is 39.1 Å². The Bertz CT molecular complexity index is 1340. The van der Waals surface area contributed by atoms with Crippen molar-refractivity contribution in [3.63, 3.8) is 0 Å². The van der Waals surface area contributed by atoms with Crippen molar-refractivity contribution in [1.29, 1.82) is 0 Å². The monoisotopic (exact) mass is 455 g/mol. The minimum absolute atomic E-state index is 0.0347. The molecule has 1 saturated heterocycles. The molecule has 9 heteroatoms. The second kappa shape index (κ2) is 8.11. The summed E-state index contributed by atoms with van der Waals surface area (Å²) in [5.41, 5.74) is 0.505. The zero-order valence-electron chi connectivity index (χ0n) is 17.5. The highest BCUT2D eigenvalue weighted by molar-refractivity contribution is 6.36. The van der Waals surface area contributed by atoms with Crippen LogP contribution in [0.2, 0.25) is 5.02 Å². The third-order valence-electron chi connectivity index (χ3n) is 5.93. The summed E-state index contributed by atoms with van der Waals surface area (Å²) in [6, 6.07) is 8.37. The molecule has 1 fully saturated rings. The van der Waals surface area contributed by atoms with E-state index in [9.17, 15) is 4.39 Å². The predicted molar refractivity (Wildman–Crippen MR) is 121 cm³/mol. The van der Waals surface area contributed by atoms with Gasteiger partial charge < -0.3 is 15.0 Å². The maximum atomic E-state index is 15.9. The summed E-state index contributed by atoms with van der Waals surface area (Å²) < 4.78 is 35.3. The topological polar surface area (TPSA) is 63.2 Å². The summed E-state index contributed by atoms with van der Waals surface area (Å²) in [7, 11) is 3.35. The van der Waals surface area contributed by atoms with Crippen LogP contribution in [0.5, 0.6) is 6.01 Å². The van der Waals surface area contributed by atoms with Crippen LogP contribution in [0.25, 0.3) is 32.9 Å². The molecule has 0 amide bonds. The van der Waals surface area contributed by atoms with Crippen LogP contribution in [0.1, 0.15) is 6.42 Å². The zero-order chi connectivity index (χ0) is 22.4. The van der Waals surface area contributed by atoms with Gasteiger partial charge in [-0.25, -0.2) is 8.78 Å². The number of nitrogens with one attached hydrogen (secondary N) is 1. The average molecular weight is 456 g/mol. The number of likely N-dealkylation sites (N-methyl/N-ethyl adjacent to an activating group) is 1. The second-order valence-corrected chi connectivity index (χ2v) is 8.12. The first kappa shape index (κ1) is 20.8. The molecule has 1 atom stereocenters. The third-order valence-corrected chi connectivity index (χ3v) is 6.30. The summed E-state index contributed by atoms with van der Waals surface area (Å²) >= 11 is 6.26. The Labute approximate surface area is 188 Å². The van der Waals surface area contributed by atoms with E-state index in [0.29, 0.717) is 27.5 Å². The van der Waals surface area contributed by atoms with Gasteiger partial charge in [0.05, 0.1) is 17.5 Å². The lowest BCUT2D eigenvalue weighted by Gasteiger charge is -2.26. The predicted octanol–water partition coefficient (Wildman–Crippen LogP) is 4.58. The first-order valence-electron chi connectivity index (χ1n) is 10.2. The van der Waals surface area contributed by atoms with Crippen molar-refractivity contribution < 1.29 is 13.5 Å². The van der Waals surface area contributed by atoms with Crippen LogP contribution in [0.3, 0.4) is 0 Å². The number of hydrogen-bond acceptors (Lipinski definition) is 6. The number of ether oxygens (including phenoxy) is 1. The largest absolute Gasteiger partial charge is 0.467 e. The Kier molecular flexibility index (Phi) is 5.27. The summed E-state index contributed by atoms with van der Waals surface area (Å²) in [4.78, 5) is 15.1. The smallest absolute Gasteiger partial charge is 0.318 e. The van der Waals surface area contributed by atoms with Gasteiger partial charge in [-0.3, -0.25) is 4.98 Å². The molecule has 2 aromatic carbocycles. The number of rotatable bonds is 4. The number of aromatic nitrogens is 3. The molecule has 3 heterocycles. The number of nitrogens with zero attached hydrogens (tertiary/aromatic N) is 4. The second-order valence-electron chi connectivity index (χ2n) is 7.74. The van der Waals surface area contributed by atoms with Gasteiger partial charge in [0, 0.05) is 36.8 Å². The maximum absolute atomic E-state index is 15.9. The normalized spacial score (nSPS) is 16.1. The van der Waals surface area contributed by atoms with Gasteiger partial charge in [0.2, 0.25) is 0 Å². The van der Waals surface area contributed by atoms with Crippen LogP contribution >= 0.6 is 11.6 Å².